The summed E-state index contributed by atoms with van der Waals surface area (Å²) in [5.74, 6) is 0.648. The van der Waals surface area contributed by atoms with Crippen molar-refractivity contribution in [2.45, 2.75) is 13.5 Å². The Morgan fingerprint density at radius 3 is 2.57 bits per heavy atom. The predicted octanol–water partition coefficient (Wildman–Crippen LogP) is 3.69. The molecule has 110 valence electrons. The number of carbonyl (C=O) groups excluding carboxylic acids is 1. The van der Waals surface area contributed by atoms with Crippen LogP contribution in [0.3, 0.4) is 0 Å². The Balaban J connectivity index is 1.86. The first-order valence-electron chi connectivity index (χ1n) is 6.72. The van der Waals surface area contributed by atoms with Crippen molar-refractivity contribution in [1.29, 1.82) is 0 Å². The van der Waals surface area contributed by atoms with Gasteiger partial charge in [-0.1, -0.05) is 35.9 Å². The molecule has 21 heavy (non-hydrogen) atoms. The fourth-order valence-corrected chi connectivity index (χ4v) is 2.04. The molecule has 0 unspecified atom stereocenters. The second kappa shape index (κ2) is 7.14. The predicted molar refractivity (Wildman–Crippen MR) is 84.6 cm³/mol. The van der Waals surface area contributed by atoms with Gasteiger partial charge in [0.05, 0.1) is 0 Å². The maximum atomic E-state index is 12.0. The lowest BCUT2D eigenvalue weighted by Crippen LogP contribution is -2.30. The number of amides is 1. The summed E-state index contributed by atoms with van der Waals surface area (Å²) in [6.45, 7) is 2.56. The maximum Gasteiger partial charge on any atom is 0.260 e. The first kappa shape index (κ1) is 15.4. The fraction of sp³-hybridized carbons (Fsp3) is 0.235. The van der Waals surface area contributed by atoms with Crippen molar-refractivity contribution in [2.75, 3.05) is 13.7 Å². The van der Waals surface area contributed by atoms with Crippen molar-refractivity contribution in [2.24, 2.45) is 0 Å². The molecule has 0 aliphatic carbocycles. The molecule has 4 heteroatoms. The Bertz CT molecular complexity index is 610. The van der Waals surface area contributed by atoms with E-state index in [-0.39, 0.29) is 12.5 Å². The van der Waals surface area contributed by atoms with E-state index in [1.165, 1.54) is 0 Å². The van der Waals surface area contributed by atoms with Crippen molar-refractivity contribution >= 4 is 17.5 Å². The van der Waals surface area contributed by atoms with E-state index in [2.05, 4.69) is 0 Å². The van der Waals surface area contributed by atoms with Gasteiger partial charge < -0.3 is 9.64 Å². The third kappa shape index (κ3) is 4.80. The highest BCUT2D eigenvalue weighted by molar-refractivity contribution is 6.30. The van der Waals surface area contributed by atoms with Crippen molar-refractivity contribution in [1.82, 2.24) is 4.90 Å². The van der Waals surface area contributed by atoms with Crippen LogP contribution in [0.2, 0.25) is 5.02 Å². The van der Waals surface area contributed by atoms with E-state index in [0.717, 1.165) is 11.1 Å². The van der Waals surface area contributed by atoms with Crippen LogP contribution in [0.15, 0.2) is 48.5 Å². The van der Waals surface area contributed by atoms with Crippen LogP contribution < -0.4 is 4.74 Å². The van der Waals surface area contributed by atoms with Gasteiger partial charge in [0.15, 0.2) is 6.61 Å². The van der Waals surface area contributed by atoms with Gasteiger partial charge in [-0.3, -0.25) is 4.79 Å². The Kier molecular flexibility index (Phi) is 5.23. The number of hydrogen-bond donors (Lipinski definition) is 0. The van der Waals surface area contributed by atoms with Gasteiger partial charge in [0.25, 0.3) is 5.91 Å². The standard InChI is InChI=1S/C17H18ClNO2/c1-13-4-3-5-16(10-13)21-12-17(20)19(2)11-14-6-8-15(18)9-7-14/h3-10H,11-12H2,1-2H3. The number of carbonyl (C=O) groups is 1. The van der Waals surface area contributed by atoms with E-state index in [1.807, 2.05) is 55.5 Å². The van der Waals surface area contributed by atoms with E-state index in [9.17, 15) is 4.79 Å². The molecule has 0 aromatic heterocycles. The molecule has 1 amide bonds. The summed E-state index contributed by atoms with van der Waals surface area (Å²) in [5.41, 5.74) is 2.14. The summed E-state index contributed by atoms with van der Waals surface area (Å²) in [7, 11) is 1.76. The highest BCUT2D eigenvalue weighted by Gasteiger charge is 2.10. The summed E-state index contributed by atoms with van der Waals surface area (Å²) < 4.78 is 5.51. The highest BCUT2D eigenvalue weighted by Crippen LogP contribution is 2.13. The van der Waals surface area contributed by atoms with Crippen molar-refractivity contribution in [3.63, 3.8) is 0 Å². The maximum absolute atomic E-state index is 12.0. The zero-order valence-electron chi connectivity index (χ0n) is 12.2. The van der Waals surface area contributed by atoms with Crippen LogP contribution in [0.1, 0.15) is 11.1 Å². The van der Waals surface area contributed by atoms with Crippen molar-refractivity contribution < 1.29 is 9.53 Å². The SMILES string of the molecule is Cc1cccc(OCC(=O)N(C)Cc2ccc(Cl)cc2)c1. The number of halogens is 1. The molecule has 0 heterocycles. The van der Waals surface area contributed by atoms with Crippen molar-refractivity contribution in [3.8, 4) is 5.75 Å². The second-order valence-electron chi connectivity index (χ2n) is 4.98. The Hall–Kier alpha value is -2.00. The minimum Gasteiger partial charge on any atom is -0.484 e. The molecule has 0 saturated heterocycles. The average molecular weight is 304 g/mol. The quantitative estimate of drug-likeness (QED) is 0.843. The lowest BCUT2D eigenvalue weighted by Gasteiger charge is -2.17. The summed E-state index contributed by atoms with van der Waals surface area (Å²) in [4.78, 5) is 13.7. The van der Waals surface area contributed by atoms with Gasteiger partial charge in [0.2, 0.25) is 0 Å². The van der Waals surface area contributed by atoms with E-state index in [0.29, 0.717) is 17.3 Å². The number of ether oxygens (including phenoxy) is 1. The van der Waals surface area contributed by atoms with Crippen LogP contribution in [0, 0.1) is 6.92 Å². The minimum absolute atomic E-state index is 0.0353. The first-order chi connectivity index (χ1) is 10.0. The molecule has 0 fully saturated rings. The molecule has 0 atom stereocenters. The summed E-state index contributed by atoms with van der Waals surface area (Å²) >= 11 is 5.84. The third-order valence-corrected chi connectivity index (χ3v) is 3.36. The van der Waals surface area contributed by atoms with E-state index in [1.54, 1.807) is 11.9 Å². The number of aryl methyl sites for hydroxylation is 1. The Morgan fingerprint density at radius 2 is 1.90 bits per heavy atom. The van der Waals surface area contributed by atoms with Crippen LogP contribution >= 0.6 is 11.6 Å². The molecule has 0 saturated carbocycles. The number of benzene rings is 2. The summed E-state index contributed by atoms with van der Waals surface area (Å²) in [6.07, 6.45) is 0. The van der Waals surface area contributed by atoms with Gasteiger partial charge in [0.1, 0.15) is 5.75 Å². The van der Waals surface area contributed by atoms with Gasteiger partial charge in [-0.05, 0) is 42.3 Å². The molecular formula is C17H18ClNO2. The molecule has 2 aromatic carbocycles. The smallest absolute Gasteiger partial charge is 0.260 e. The molecule has 0 spiro atoms. The van der Waals surface area contributed by atoms with Gasteiger partial charge >= 0.3 is 0 Å². The molecule has 0 aliphatic heterocycles. The minimum atomic E-state index is -0.0635. The monoisotopic (exact) mass is 303 g/mol. The number of nitrogens with zero attached hydrogens (tertiary/aromatic N) is 1. The number of likely N-dealkylation sites (N-methyl/N-ethyl adjacent to an activating group) is 1. The van der Waals surface area contributed by atoms with E-state index in [4.69, 9.17) is 16.3 Å². The molecule has 0 radical (unpaired) electrons. The van der Waals surface area contributed by atoms with Crippen LogP contribution in [0.5, 0.6) is 5.75 Å². The second-order valence-corrected chi connectivity index (χ2v) is 5.42. The van der Waals surface area contributed by atoms with E-state index < -0.39 is 0 Å². The Labute approximate surface area is 130 Å². The summed E-state index contributed by atoms with van der Waals surface area (Å²) in [6, 6.07) is 15.1. The van der Waals surface area contributed by atoms with Crippen LogP contribution in [-0.4, -0.2) is 24.5 Å². The van der Waals surface area contributed by atoms with Crippen molar-refractivity contribution in [3.05, 3.63) is 64.7 Å². The normalized spacial score (nSPS) is 10.2. The largest absolute Gasteiger partial charge is 0.484 e. The Morgan fingerprint density at radius 1 is 1.19 bits per heavy atom. The van der Waals surface area contributed by atoms with Crippen LogP contribution in [0.4, 0.5) is 0 Å². The molecule has 0 N–H and O–H groups in total. The first-order valence-corrected chi connectivity index (χ1v) is 7.10. The molecule has 2 rings (SSSR count). The zero-order chi connectivity index (χ0) is 15.2. The lowest BCUT2D eigenvalue weighted by atomic mass is 10.2. The summed E-state index contributed by atoms with van der Waals surface area (Å²) in [5, 5.41) is 0.690. The fourth-order valence-electron chi connectivity index (χ4n) is 1.91. The molecular weight excluding hydrogens is 286 g/mol. The lowest BCUT2D eigenvalue weighted by molar-refractivity contribution is -0.132. The van der Waals surface area contributed by atoms with Gasteiger partial charge in [-0.2, -0.15) is 0 Å². The van der Waals surface area contributed by atoms with Gasteiger partial charge in [-0.25, -0.2) is 0 Å². The average Bonchev–Trinajstić information content (AvgIpc) is 2.47. The number of hydrogen-bond acceptors (Lipinski definition) is 2. The topological polar surface area (TPSA) is 29.5 Å². The molecule has 0 aliphatic rings. The van der Waals surface area contributed by atoms with Gasteiger partial charge in [0, 0.05) is 18.6 Å². The van der Waals surface area contributed by atoms with E-state index >= 15 is 0 Å². The molecule has 2 aromatic rings. The third-order valence-electron chi connectivity index (χ3n) is 3.11. The van der Waals surface area contributed by atoms with Gasteiger partial charge in [-0.15, -0.1) is 0 Å². The number of rotatable bonds is 5. The molecule has 3 nitrogen and oxygen atoms in total. The van der Waals surface area contributed by atoms with Crippen LogP contribution in [0.25, 0.3) is 0 Å². The molecule has 0 bridgehead atoms. The highest BCUT2D eigenvalue weighted by atomic mass is 35.5. The zero-order valence-corrected chi connectivity index (χ0v) is 12.9. The van der Waals surface area contributed by atoms with Crippen LogP contribution in [-0.2, 0) is 11.3 Å².